The third kappa shape index (κ3) is 4.79. The van der Waals surface area contributed by atoms with Crippen molar-refractivity contribution in [1.29, 1.82) is 0 Å². The van der Waals surface area contributed by atoms with Crippen molar-refractivity contribution in [1.82, 2.24) is 10.6 Å². The second-order valence-electron chi connectivity index (χ2n) is 7.40. The van der Waals surface area contributed by atoms with Gasteiger partial charge in [0, 0.05) is 12.0 Å². The standard InChI is InChI=1S/C23H26N2O5/c1-3-15(12-21(26)27)25-22(28)14(2)24-23(29)30-13-20-18-10-6-4-8-16(18)17-9-5-7-11-19(17)20/h4-11,14-15,20H,3,12-13H2,1-2H3,(H,24,29)(H,25,28)(H,26,27)/t14-,15-/m0/s1. The van der Waals surface area contributed by atoms with Crippen molar-refractivity contribution in [2.75, 3.05) is 6.61 Å². The molecule has 2 amide bonds. The summed E-state index contributed by atoms with van der Waals surface area (Å²) in [5.41, 5.74) is 4.49. The molecule has 2 aromatic rings. The summed E-state index contributed by atoms with van der Waals surface area (Å²) in [6.07, 6.45) is -0.374. The lowest BCUT2D eigenvalue weighted by molar-refractivity contribution is -0.137. The Bertz CT molecular complexity index is 897. The third-order valence-electron chi connectivity index (χ3n) is 5.33. The predicted octanol–water partition coefficient (Wildman–Crippen LogP) is 3.28. The van der Waals surface area contributed by atoms with Gasteiger partial charge in [0.2, 0.25) is 5.91 Å². The van der Waals surface area contributed by atoms with Gasteiger partial charge in [-0.05, 0) is 35.6 Å². The number of benzene rings is 2. The average molecular weight is 410 g/mol. The number of amides is 2. The van der Waals surface area contributed by atoms with E-state index in [2.05, 4.69) is 22.8 Å². The maximum atomic E-state index is 12.3. The van der Waals surface area contributed by atoms with Gasteiger partial charge >= 0.3 is 12.1 Å². The maximum Gasteiger partial charge on any atom is 0.407 e. The van der Waals surface area contributed by atoms with Crippen LogP contribution in [0.2, 0.25) is 0 Å². The number of nitrogens with one attached hydrogen (secondary N) is 2. The van der Waals surface area contributed by atoms with E-state index in [1.807, 2.05) is 36.4 Å². The smallest absolute Gasteiger partial charge is 0.407 e. The molecule has 0 bridgehead atoms. The molecule has 0 unspecified atom stereocenters. The number of carboxylic acids is 1. The van der Waals surface area contributed by atoms with Gasteiger partial charge < -0.3 is 20.5 Å². The zero-order chi connectivity index (χ0) is 21.7. The molecule has 2 aromatic carbocycles. The van der Waals surface area contributed by atoms with E-state index in [1.54, 1.807) is 6.92 Å². The number of carboxylic acid groups (broad SMARTS) is 1. The van der Waals surface area contributed by atoms with E-state index >= 15 is 0 Å². The van der Waals surface area contributed by atoms with Gasteiger partial charge in [0.05, 0.1) is 6.42 Å². The molecule has 0 spiro atoms. The summed E-state index contributed by atoms with van der Waals surface area (Å²) in [5, 5.41) is 14.0. The Balaban J connectivity index is 1.57. The summed E-state index contributed by atoms with van der Waals surface area (Å²) in [7, 11) is 0. The van der Waals surface area contributed by atoms with Gasteiger partial charge in [-0.3, -0.25) is 9.59 Å². The van der Waals surface area contributed by atoms with Crippen LogP contribution in [-0.2, 0) is 14.3 Å². The molecular weight excluding hydrogens is 384 g/mol. The van der Waals surface area contributed by atoms with Crippen molar-refractivity contribution >= 4 is 18.0 Å². The molecular formula is C23H26N2O5. The molecule has 0 saturated carbocycles. The second kappa shape index (κ2) is 9.43. The first kappa shape index (κ1) is 21.4. The van der Waals surface area contributed by atoms with E-state index in [0.717, 1.165) is 22.3 Å². The molecule has 0 saturated heterocycles. The monoisotopic (exact) mass is 410 g/mol. The fourth-order valence-electron chi connectivity index (χ4n) is 3.72. The quantitative estimate of drug-likeness (QED) is 0.619. The first-order valence-electron chi connectivity index (χ1n) is 10.0. The largest absolute Gasteiger partial charge is 0.481 e. The topological polar surface area (TPSA) is 105 Å². The molecule has 158 valence electrons. The van der Waals surface area contributed by atoms with Crippen LogP contribution in [0.3, 0.4) is 0 Å². The lowest BCUT2D eigenvalue weighted by Crippen LogP contribution is -2.48. The zero-order valence-electron chi connectivity index (χ0n) is 17.1. The van der Waals surface area contributed by atoms with Crippen molar-refractivity contribution in [3.63, 3.8) is 0 Å². The molecule has 0 aromatic heterocycles. The lowest BCUT2D eigenvalue weighted by atomic mass is 9.98. The predicted molar refractivity (Wildman–Crippen MR) is 112 cm³/mol. The van der Waals surface area contributed by atoms with Crippen LogP contribution < -0.4 is 10.6 Å². The highest BCUT2D eigenvalue weighted by Crippen LogP contribution is 2.44. The van der Waals surface area contributed by atoms with E-state index in [9.17, 15) is 14.4 Å². The first-order chi connectivity index (χ1) is 14.4. The Morgan fingerprint density at radius 2 is 1.57 bits per heavy atom. The van der Waals surface area contributed by atoms with E-state index in [4.69, 9.17) is 9.84 Å². The fourth-order valence-corrected chi connectivity index (χ4v) is 3.72. The van der Waals surface area contributed by atoms with Gasteiger partial charge in [0.15, 0.2) is 0 Å². The minimum atomic E-state index is -0.987. The highest BCUT2D eigenvalue weighted by atomic mass is 16.5. The lowest BCUT2D eigenvalue weighted by Gasteiger charge is -2.20. The Labute approximate surface area is 175 Å². The van der Waals surface area contributed by atoms with Crippen LogP contribution >= 0.6 is 0 Å². The first-order valence-corrected chi connectivity index (χ1v) is 10.0. The second-order valence-corrected chi connectivity index (χ2v) is 7.40. The Morgan fingerprint density at radius 3 is 2.10 bits per heavy atom. The van der Waals surface area contributed by atoms with Gasteiger partial charge in [0.1, 0.15) is 12.6 Å². The number of rotatable bonds is 8. The third-order valence-corrected chi connectivity index (χ3v) is 5.33. The van der Waals surface area contributed by atoms with Crippen LogP contribution in [0.1, 0.15) is 43.7 Å². The van der Waals surface area contributed by atoms with Gasteiger partial charge in [-0.25, -0.2) is 4.79 Å². The van der Waals surface area contributed by atoms with Crippen LogP contribution in [-0.4, -0.2) is 41.8 Å². The van der Waals surface area contributed by atoms with Gasteiger partial charge in [-0.1, -0.05) is 55.5 Å². The van der Waals surface area contributed by atoms with Crippen molar-refractivity contribution in [3.8, 4) is 11.1 Å². The molecule has 1 aliphatic carbocycles. The molecule has 3 N–H and O–H groups in total. The van der Waals surface area contributed by atoms with E-state index in [1.165, 1.54) is 6.92 Å². The normalized spacial score (nSPS) is 14.2. The number of aliphatic carboxylic acids is 1. The van der Waals surface area contributed by atoms with Crippen LogP contribution in [0.5, 0.6) is 0 Å². The van der Waals surface area contributed by atoms with E-state index < -0.39 is 30.1 Å². The Morgan fingerprint density at radius 1 is 1.00 bits per heavy atom. The number of ether oxygens (including phenoxy) is 1. The molecule has 0 aliphatic heterocycles. The number of carbonyl (C=O) groups is 3. The molecule has 2 atom stereocenters. The van der Waals surface area contributed by atoms with Gasteiger partial charge in [-0.2, -0.15) is 0 Å². The van der Waals surface area contributed by atoms with Crippen molar-refractivity contribution in [2.45, 2.75) is 44.7 Å². The molecule has 0 fully saturated rings. The maximum absolute atomic E-state index is 12.3. The van der Waals surface area contributed by atoms with Crippen molar-refractivity contribution in [3.05, 3.63) is 59.7 Å². The number of alkyl carbamates (subject to hydrolysis) is 1. The molecule has 1 aliphatic rings. The van der Waals surface area contributed by atoms with Crippen LogP contribution in [0.25, 0.3) is 11.1 Å². The van der Waals surface area contributed by atoms with Crippen LogP contribution in [0.4, 0.5) is 4.79 Å². The van der Waals surface area contributed by atoms with E-state index in [-0.39, 0.29) is 18.9 Å². The van der Waals surface area contributed by atoms with E-state index in [0.29, 0.717) is 6.42 Å². The summed E-state index contributed by atoms with van der Waals surface area (Å²) >= 11 is 0. The van der Waals surface area contributed by atoms with Gasteiger partial charge in [0.25, 0.3) is 0 Å². The molecule has 7 heteroatoms. The molecule has 0 heterocycles. The number of hydrogen-bond donors (Lipinski definition) is 3. The van der Waals surface area contributed by atoms with Crippen molar-refractivity contribution < 1.29 is 24.2 Å². The SMILES string of the molecule is CC[C@@H](CC(=O)O)NC(=O)[C@H](C)NC(=O)OCC1c2ccccc2-c2ccccc21. The van der Waals surface area contributed by atoms with Crippen LogP contribution in [0, 0.1) is 0 Å². The highest BCUT2D eigenvalue weighted by molar-refractivity contribution is 5.86. The minimum absolute atomic E-state index is 0.0627. The Kier molecular flexibility index (Phi) is 6.72. The number of carbonyl (C=O) groups excluding carboxylic acids is 2. The number of hydrogen-bond acceptors (Lipinski definition) is 4. The molecule has 3 rings (SSSR count). The number of fused-ring (bicyclic) bond motifs is 3. The Hall–Kier alpha value is -3.35. The van der Waals surface area contributed by atoms with Gasteiger partial charge in [-0.15, -0.1) is 0 Å². The highest BCUT2D eigenvalue weighted by Gasteiger charge is 2.29. The van der Waals surface area contributed by atoms with Crippen molar-refractivity contribution in [2.24, 2.45) is 0 Å². The fraction of sp³-hybridized carbons (Fsp3) is 0.348. The zero-order valence-corrected chi connectivity index (χ0v) is 17.1. The summed E-state index contributed by atoms with van der Waals surface area (Å²) in [6.45, 7) is 3.48. The summed E-state index contributed by atoms with van der Waals surface area (Å²) in [5.74, 6) is -1.50. The summed E-state index contributed by atoms with van der Waals surface area (Å²) in [6, 6.07) is 14.8. The summed E-state index contributed by atoms with van der Waals surface area (Å²) < 4.78 is 5.43. The molecule has 7 nitrogen and oxygen atoms in total. The molecule has 30 heavy (non-hydrogen) atoms. The summed E-state index contributed by atoms with van der Waals surface area (Å²) in [4.78, 5) is 35.4. The minimum Gasteiger partial charge on any atom is -0.481 e. The molecule has 0 radical (unpaired) electrons. The van der Waals surface area contributed by atoms with Crippen LogP contribution in [0.15, 0.2) is 48.5 Å². The average Bonchev–Trinajstić information content (AvgIpc) is 3.05.